The molecule has 1 fully saturated rings. The second-order valence-electron chi connectivity index (χ2n) is 4.99. The molecule has 1 heterocycles. The molecule has 2 aromatic rings. The molecule has 5 nitrogen and oxygen atoms in total. The molecule has 0 spiro atoms. The molecule has 0 aromatic heterocycles. The van der Waals surface area contributed by atoms with Gasteiger partial charge in [-0.1, -0.05) is 23.7 Å². The minimum Gasteiger partial charge on any atom is -0.484 e. The second kappa shape index (κ2) is 7.46. The molecule has 1 aliphatic heterocycles. The van der Waals surface area contributed by atoms with Crippen molar-refractivity contribution in [2.45, 2.75) is 6.29 Å². The van der Waals surface area contributed by atoms with Gasteiger partial charge in [0, 0.05) is 16.3 Å². The average Bonchev–Trinajstić information content (AvgIpc) is 3.09. The fourth-order valence-corrected chi connectivity index (χ4v) is 2.28. The van der Waals surface area contributed by atoms with E-state index in [1.165, 1.54) is 0 Å². The molecule has 3 rings (SSSR count). The molecular weight excluding hydrogens is 318 g/mol. The van der Waals surface area contributed by atoms with Crippen molar-refractivity contribution in [2.75, 3.05) is 25.1 Å². The Morgan fingerprint density at radius 1 is 1.09 bits per heavy atom. The van der Waals surface area contributed by atoms with Crippen LogP contribution in [0, 0.1) is 0 Å². The van der Waals surface area contributed by atoms with E-state index in [9.17, 15) is 4.79 Å². The van der Waals surface area contributed by atoms with E-state index >= 15 is 0 Å². The summed E-state index contributed by atoms with van der Waals surface area (Å²) in [6.45, 7) is 1.13. The predicted octanol–water partition coefficient (Wildman–Crippen LogP) is 3.40. The van der Waals surface area contributed by atoms with Gasteiger partial charge in [0.25, 0.3) is 5.91 Å². The normalized spacial score (nSPS) is 14.7. The van der Waals surface area contributed by atoms with Crippen molar-refractivity contribution in [3.05, 3.63) is 59.1 Å². The highest BCUT2D eigenvalue weighted by Crippen LogP contribution is 2.24. The molecule has 0 atom stereocenters. The predicted molar refractivity (Wildman–Crippen MR) is 86.7 cm³/mol. The number of rotatable bonds is 5. The van der Waals surface area contributed by atoms with Crippen LogP contribution in [0.1, 0.15) is 11.9 Å². The number of carbonyl (C=O) groups excluding carboxylic acids is 1. The lowest BCUT2D eigenvalue weighted by atomic mass is 10.2. The van der Waals surface area contributed by atoms with E-state index < -0.39 is 0 Å². The third-order valence-electron chi connectivity index (χ3n) is 3.27. The molecule has 120 valence electrons. The maximum atomic E-state index is 11.9. The van der Waals surface area contributed by atoms with Crippen molar-refractivity contribution in [1.29, 1.82) is 0 Å². The van der Waals surface area contributed by atoms with E-state index in [0.717, 1.165) is 5.56 Å². The SMILES string of the molecule is O=C(COc1ccc(Cl)cc1)Nc1ccc(C2OCCO2)cc1. The van der Waals surface area contributed by atoms with Gasteiger partial charge in [0.2, 0.25) is 0 Å². The Morgan fingerprint density at radius 2 is 1.74 bits per heavy atom. The van der Waals surface area contributed by atoms with Crippen molar-refractivity contribution in [3.63, 3.8) is 0 Å². The number of carbonyl (C=O) groups is 1. The van der Waals surface area contributed by atoms with Crippen LogP contribution in [0.15, 0.2) is 48.5 Å². The van der Waals surface area contributed by atoms with Gasteiger partial charge in [0.05, 0.1) is 13.2 Å². The summed E-state index contributed by atoms with van der Waals surface area (Å²) in [5.74, 6) is 0.358. The average molecular weight is 334 g/mol. The number of ether oxygens (including phenoxy) is 3. The van der Waals surface area contributed by atoms with Crippen molar-refractivity contribution in [2.24, 2.45) is 0 Å². The minimum atomic E-state index is -0.312. The quantitative estimate of drug-likeness (QED) is 0.911. The molecule has 1 saturated heterocycles. The smallest absolute Gasteiger partial charge is 0.262 e. The zero-order valence-electron chi connectivity index (χ0n) is 12.3. The molecular formula is C17H16ClNO4. The first-order chi connectivity index (χ1) is 11.2. The lowest BCUT2D eigenvalue weighted by Crippen LogP contribution is -2.20. The van der Waals surface area contributed by atoms with Gasteiger partial charge < -0.3 is 19.5 Å². The van der Waals surface area contributed by atoms with Crippen molar-refractivity contribution in [3.8, 4) is 5.75 Å². The lowest BCUT2D eigenvalue weighted by Gasteiger charge is -2.11. The number of halogens is 1. The van der Waals surface area contributed by atoms with Crippen molar-refractivity contribution in [1.82, 2.24) is 0 Å². The Bertz CT molecular complexity index is 651. The Hall–Kier alpha value is -2.08. The highest BCUT2D eigenvalue weighted by molar-refractivity contribution is 6.30. The summed E-state index contributed by atoms with van der Waals surface area (Å²) in [4.78, 5) is 11.9. The number of hydrogen-bond acceptors (Lipinski definition) is 4. The van der Waals surface area contributed by atoms with Crippen LogP contribution in [-0.4, -0.2) is 25.7 Å². The topological polar surface area (TPSA) is 56.8 Å². The first-order valence-corrected chi connectivity index (χ1v) is 7.60. The Kier molecular flexibility index (Phi) is 5.12. The maximum absolute atomic E-state index is 11.9. The first-order valence-electron chi connectivity index (χ1n) is 7.22. The molecule has 23 heavy (non-hydrogen) atoms. The summed E-state index contributed by atoms with van der Waals surface area (Å²) < 4.78 is 16.2. The third kappa shape index (κ3) is 4.45. The van der Waals surface area contributed by atoms with Crippen molar-refractivity contribution < 1.29 is 19.0 Å². The monoisotopic (exact) mass is 333 g/mol. The summed E-state index contributed by atoms with van der Waals surface area (Å²) in [6, 6.07) is 14.2. The number of hydrogen-bond donors (Lipinski definition) is 1. The number of nitrogens with one attached hydrogen (secondary N) is 1. The van der Waals surface area contributed by atoms with Crippen LogP contribution in [0.2, 0.25) is 5.02 Å². The van der Waals surface area contributed by atoms with Crippen LogP contribution in [0.4, 0.5) is 5.69 Å². The molecule has 0 radical (unpaired) electrons. The molecule has 1 aliphatic rings. The van der Waals surface area contributed by atoms with Crippen LogP contribution in [-0.2, 0) is 14.3 Å². The molecule has 0 saturated carbocycles. The molecule has 6 heteroatoms. The van der Waals surface area contributed by atoms with Gasteiger partial charge in [-0.3, -0.25) is 4.79 Å². The van der Waals surface area contributed by atoms with Crippen LogP contribution in [0.3, 0.4) is 0 Å². The van der Waals surface area contributed by atoms with Crippen molar-refractivity contribution >= 4 is 23.2 Å². The molecule has 1 N–H and O–H groups in total. The van der Waals surface area contributed by atoms with Gasteiger partial charge in [-0.25, -0.2) is 0 Å². The van der Waals surface area contributed by atoms with E-state index in [-0.39, 0.29) is 18.8 Å². The molecule has 0 unspecified atom stereocenters. The summed E-state index contributed by atoms with van der Waals surface area (Å²) in [7, 11) is 0. The zero-order chi connectivity index (χ0) is 16.1. The highest BCUT2D eigenvalue weighted by Gasteiger charge is 2.17. The highest BCUT2D eigenvalue weighted by atomic mass is 35.5. The Balaban J connectivity index is 1.50. The Labute approximate surface area is 139 Å². The van der Waals surface area contributed by atoms with E-state index in [4.69, 9.17) is 25.8 Å². The third-order valence-corrected chi connectivity index (χ3v) is 3.52. The van der Waals surface area contributed by atoms with Gasteiger partial charge >= 0.3 is 0 Å². The number of benzene rings is 2. The van der Waals surface area contributed by atoms with Gasteiger partial charge in [-0.05, 0) is 36.4 Å². The fourth-order valence-electron chi connectivity index (χ4n) is 2.15. The summed E-state index contributed by atoms with van der Waals surface area (Å²) in [6.07, 6.45) is -0.312. The Morgan fingerprint density at radius 3 is 2.39 bits per heavy atom. The van der Waals surface area contributed by atoms with Gasteiger partial charge in [0.15, 0.2) is 12.9 Å². The van der Waals surface area contributed by atoms with E-state index in [0.29, 0.717) is 29.7 Å². The summed E-state index contributed by atoms with van der Waals surface area (Å²) in [5, 5.41) is 3.39. The van der Waals surface area contributed by atoms with E-state index in [1.807, 2.05) is 12.1 Å². The van der Waals surface area contributed by atoms with Crippen LogP contribution in [0.25, 0.3) is 0 Å². The van der Waals surface area contributed by atoms with Gasteiger partial charge in [-0.15, -0.1) is 0 Å². The number of anilines is 1. The summed E-state index contributed by atoms with van der Waals surface area (Å²) in [5.41, 5.74) is 1.62. The van der Waals surface area contributed by atoms with E-state index in [1.54, 1.807) is 36.4 Å². The zero-order valence-corrected chi connectivity index (χ0v) is 13.1. The molecule has 1 amide bonds. The largest absolute Gasteiger partial charge is 0.484 e. The second-order valence-corrected chi connectivity index (χ2v) is 5.42. The number of amides is 1. The van der Waals surface area contributed by atoms with E-state index in [2.05, 4.69) is 5.32 Å². The molecule has 0 aliphatic carbocycles. The summed E-state index contributed by atoms with van der Waals surface area (Å²) >= 11 is 5.79. The molecule has 2 aromatic carbocycles. The molecule has 0 bridgehead atoms. The minimum absolute atomic E-state index is 0.0712. The maximum Gasteiger partial charge on any atom is 0.262 e. The van der Waals surface area contributed by atoms with Gasteiger partial charge in [0.1, 0.15) is 5.75 Å². The van der Waals surface area contributed by atoms with Crippen LogP contribution in [0.5, 0.6) is 5.75 Å². The lowest BCUT2D eigenvalue weighted by molar-refractivity contribution is -0.118. The first kappa shape index (κ1) is 15.8. The standard InChI is InChI=1S/C17H16ClNO4/c18-13-3-7-15(8-4-13)23-11-16(20)19-14-5-1-12(2-6-14)17-21-9-10-22-17/h1-8,17H,9-11H2,(H,19,20). The van der Waals surface area contributed by atoms with Crippen LogP contribution < -0.4 is 10.1 Å². The fraction of sp³-hybridized carbons (Fsp3) is 0.235. The van der Waals surface area contributed by atoms with Crippen LogP contribution >= 0.6 is 11.6 Å². The van der Waals surface area contributed by atoms with Gasteiger partial charge in [-0.2, -0.15) is 0 Å².